The van der Waals surface area contributed by atoms with Crippen molar-refractivity contribution >= 4 is 22.2 Å². The van der Waals surface area contributed by atoms with E-state index in [-0.39, 0.29) is 11.5 Å². The Hall–Kier alpha value is -2.98. The van der Waals surface area contributed by atoms with Gasteiger partial charge >= 0.3 is 0 Å². The number of thiophene rings is 1. The first-order valence-electron chi connectivity index (χ1n) is 7.03. The molecule has 7 heteroatoms. The molecule has 0 saturated carbocycles. The molecule has 0 spiro atoms. The average Bonchev–Trinajstić information content (AvgIpc) is 3.11. The molecule has 1 amide bonds. The number of nitrogens with zero attached hydrogens (tertiary/aromatic N) is 2. The van der Waals surface area contributed by atoms with Gasteiger partial charge in [-0.15, -0.1) is 11.3 Å². The van der Waals surface area contributed by atoms with Gasteiger partial charge in [0.1, 0.15) is 22.6 Å². The Morgan fingerprint density at radius 1 is 1.33 bits per heavy atom. The van der Waals surface area contributed by atoms with E-state index in [1.54, 1.807) is 19.1 Å². The molecule has 1 N–H and O–H groups in total. The smallest absolute Gasteiger partial charge is 0.278 e. The summed E-state index contributed by atoms with van der Waals surface area (Å²) in [6, 6.07) is 9.53. The van der Waals surface area contributed by atoms with E-state index in [4.69, 9.17) is 4.52 Å². The third-order valence-electron chi connectivity index (χ3n) is 3.42. The molecule has 1 aromatic carbocycles. The molecule has 24 heavy (non-hydrogen) atoms. The van der Waals surface area contributed by atoms with Crippen molar-refractivity contribution < 1.29 is 13.7 Å². The molecule has 0 atom stereocenters. The molecular weight excluding hydrogens is 329 g/mol. The van der Waals surface area contributed by atoms with Crippen LogP contribution in [0, 0.1) is 31.0 Å². The van der Waals surface area contributed by atoms with Gasteiger partial charge in [-0.25, -0.2) is 4.39 Å². The van der Waals surface area contributed by atoms with Crippen LogP contribution < -0.4 is 5.32 Å². The highest BCUT2D eigenvalue weighted by atomic mass is 32.1. The van der Waals surface area contributed by atoms with Crippen LogP contribution in [-0.2, 0) is 0 Å². The predicted molar refractivity (Wildman–Crippen MR) is 88.4 cm³/mol. The molecular formula is C17H12FN3O2S. The van der Waals surface area contributed by atoms with Gasteiger partial charge in [-0.1, -0.05) is 17.3 Å². The molecule has 3 rings (SSSR count). The van der Waals surface area contributed by atoms with Crippen molar-refractivity contribution in [1.82, 2.24) is 5.16 Å². The first kappa shape index (κ1) is 15.9. The summed E-state index contributed by atoms with van der Waals surface area (Å²) in [6.07, 6.45) is 0. The van der Waals surface area contributed by atoms with Crippen LogP contribution in [0.3, 0.4) is 0 Å². The molecule has 0 aliphatic carbocycles. The minimum absolute atomic E-state index is 0.144. The molecule has 0 radical (unpaired) electrons. The van der Waals surface area contributed by atoms with E-state index in [2.05, 4.69) is 16.5 Å². The van der Waals surface area contributed by atoms with Gasteiger partial charge in [0.15, 0.2) is 5.69 Å². The number of rotatable bonds is 3. The molecule has 2 heterocycles. The van der Waals surface area contributed by atoms with E-state index in [0.717, 1.165) is 10.4 Å². The van der Waals surface area contributed by atoms with Gasteiger partial charge in [0.2, 0.25) is 0 Å². The Morgan fingerprint density at radius 3 is 2.62 bits per heavy atom. The molecule has 3 aromatic rings. The highest BCUT2D eigenvalue weighted by Gasteiger charge is 2.20. The third kappa shape index (κ3) is 2.92. The first-order chi connectivity index (χ1) is 11.5. The van der Waals surface area contributed by atoms with Crippen LogP contribution >= 0.6 is 11.3 Å². The lowest BCUT2D eigenvalue weighted by atomic mass is 10.0. The van der Waals surface area contributed by atoms with E-state index >= 15 is 0 Å². The highest BCUT2D eigenvalue weighted by Crippen LogP contribution is 2.39. The summed E-state index contributed by atoms with van der Waals surface area (Å²) in [5.74, 6) is -0.273. The second-order valence-electron chi connectivity index (χ2n) is 5.13. The number of aromatic nitrogens is 1. The van der Waals surface area contributed by atoms with Gasteiger partial charge in [-0.05, 0) is 31.5 Å². The van der Waals surface area contributed by atoms with Crippen molar-refractivity contribution in [3.05, 3.63) is 58.0 Å². The minimum atomic E-state index is -0.449. The van der Waals surface area contributed by atoms with E-state index in [0.29, 0.717) is 21.9 Å². The van der Waals surface area contributed by atoms with Crippen molar-refractivity contribution in [3.63, 3.8) is 0 Å². The Balaban J connectivity index is 1.98. The molecule has 0 aliphatic heterocycles. The van der Waals surface area contributed by atoms with E-state index < -0.39 is 5.91 Å². The highest BCUT2D eigenvalue weighted by molar-refractivity contribution is 7.17. The molecule has 0 bridgehead atoms. The normalized spacial score (nSPS) is 10.4. The summed E-state index contributed by atoms with van der Waals surface area (Å²) < 4.78 is 18.0. The molecule has 2 aromatic heterocycles. The summed E-state index contributed by atoms with van der Waals surface area (Å²) in [7, 11) is 0. The molecule has 0 unspecified atom stereocenters. The van der Waals surface area contributed by atoms with E-state index in [1.807, 2.05) is 6.92 Å². The van der Waals surface area contributed by atoms with Crippen molar-refractivity contribution in [2.24, 2.45) is 0 Å². The maximum atomic E-state index is 13.1. The summed E-state index contributed by atoms with van der Waals surface area (Å²) in [5.41, 5.74) is 1.90. The zero-order chi connectivity index (χ0) is 17.3. The maximum absolute atomic E-state index is 13.1. The van der Waals surface area contributed by atoms with Crippen LogP contribution in [0.2, 0.25) is 0 Å². The van der Waals surface area contributed by atoms with Gasteiger partial charge in [-0.3, -0.25) is 4.79 Å². The Kier molecular flexibility index (Phi) is 4.15. The van der Waals surface area contributed by atoms with E-state index in [1.165, 1.54) is 29.5 Å². The lowest BCUT2D eigenvalue weighted by Gasteiger charge is -2.03. The maximum Gasteiger partial charge on any atom is 0.278 e. The van der Waals surface area contributed by atoms with Crippen molar-refractivity contribution in [2.45, 2.75) is 13.8 Å². The zero-order valence-electron chi connectivity index (χ0n) is 12.9. The van der Waals surface area contributed by atoms with Crippen LogP contribution in [0.1, 0.15) is 26.7 Å². The number of halogens is 1. The SMILES string of the molecule is Cc1cc(C(=O)Nc2sc(C)c(-c3ccc(F)cc3)c2C#N)no1. The van der Waals surface area contributed by atoms with Crippen LogP contribution in [0.4, 0.5) is 9.39 Å². The van der Waals surface area contributed by atoms with E-state index in [9.17, 15) is 14.4 Å². The van der Waals surface area contributed by atoms with Crippen LogP contribution in [0.25, 0.3) is 11.1 Å². The number of aryl methyl sites for hydroxylation is 2. The van der Waals surface area contributed by atoms with Gasteiger partial charge in [0.25, 0.3) is 5.91 Å². The Bertz CT molecular complexity index is 951. The Morgan fingerprint density at radius 2 is 2.04 bits per heavy atom. The van der Waals surface area contributed by atoms with Gasteiger partial charge in [0, 0.05) is 16.5 Å². The fourth-order valence-electron chi connectivity index (χ4n) is 2.34. The molecule has 5 nitrogen and oxygen atoms in total. The zero-order valence-corrected chi connectivity index (χ0v) is 13.7. The number of anilines is 1. The number of hydrogen-bond donors (Lipinski definition) is 1. The number of benzene rings is 1. The second-order valence-corrected chi connectivity index (χ2v) is 6.36. The average molecular weight is 341 g/mol. The topological polar surface area (TPSA) is 78.9 Å². The quantitative estimate of drug-likeness (QED) is 0.771. The lowest BCUT2D eigenvalue weighted by molar-refractivity contribution is 0.101. The number of nitrogens with one attached hydrogen (secondary N) is 1. The lowest BCUT2D eigenvalue weighted by Crippen LogP contribution is -2.12. The summed E-state index contributed by atoms with van der Waals surface area (Å²) in [4.78, 5) is 13.1. The van der Waals surface area contributed by atoms with Gasteiger partial charge < -0.3 is 9.84 Å². The van der Waals surface area contributed by atoms with Crippen LogP contribution in [0.15, 0.2) is 34.9 Å². The number of carbonyl (C=O) groups excluding carboxylic acids is 1. The van der Waals surface area contributed by atoms with Gasteiger partial charge in [-0.2, -0.15) is 5.26 Å². The summed E-state index contributed by atoms with van der Waals surface area (Å²) >= 11 is 1.29. The fourth-order valence-corrected chi connectivity index (χ4v) is 3.37. The van der Waals surface area contributed by atoms with Crippen LogP contribution in [-0.4, -0.2) is 11.1 Å². The van der Waals surface area contributed by atoms with Crippen LogP contribution in [0.5, 0.6) is 0 Å². The third-order valence-corrected chi connectivity index (χ3v) is 4.44. The molecule has 0 aliphatic rings. The molecule has 120 valence electrons. The standard InChI is InChI=1S/C17H12FN3O2S/c1-9-7-14(21-23-9)16(22)20-17-13(8-19)15(10(2)24-17)11-3-5-12(18)6-4-11/h3-7H,1-2H3,(H,20,22). The fraction of sp³-hybridized carbons (Fsp3) is 0.118. The Labute approximate surface area is 141 Å². The van der Waals surface area contributed by atoms with Crippen molar-refractivity contribution in [1.29, 1.82) is 5.26 Å². The number of hydrogen-bond acceptors (Lipinski definition) is 5. The first-order valence-corrected chi connectivity index (χ1v) is 7.85. The van der Waals surface area contributed by atoms with Crippen molar-refractivity contribution in [2.75, 3.05) is 5.32 Å². The summed E-state index contributed by atoms with van der Waals surface area (Å²) in [5, 5.41) is 16.3. The van der Waals surface area contributed by atoms with Gasteiger partial charge in [0.05, 0.1) is 5.56 Å². The molecule has 0 fully saturated rings. The predicted octanol–water partition coefficient (Wildman–Crippen LogP) is 4.28. The minimum Gasteiger partial charge on any atom is -0.361 e. The number of amides is 1. The second kappa shape index (κ2) is 6.26. The monoisotopic (exact) mass is 341 g/mol. The molecule has 0 saturated heterocycles. The largest absolute Gasteiger partial charge is 0.361 e. The number of carbonyl (C=O) groups is 1. The summed E-state index contributed by atoms with van der Waals surface area (Å²) in [6.45, 7) is 3.53. The number of nitriles is 1. The van der Waals surface area contributed by atoms with Crippen molar-refractivity contribution in [3.8, 4) is 17.2 Å².